The third kappa shape index (κ3) is 6.93. The Labute approximate surface area is 182 Å². The predicted molar refractivity (Wildman–Crippen MR) is 123 cm³/mol. The van der Waals surface area contributed by atoms with Crippen molar-refractivity contribution < 1.29 is 9.90 Å². The van der Waals surface area contributed by atoms with Gasteiger partial charge in [0.15, 0.2) is 5.96 Å². The number of carbonyl (C=O) groups excluding carboxylic acids is 1. The average Bonchev–Trinajstić information content (AvgIpc) is 3.12. The van der Waals surface area contributed by atoms with Crippen LogP contribution in [0.1, 0.15) is 56.7 Å². The number of nitrogens with two attached hydrogens (primary N) is 3. The normalized spacial score (nSPS) is 14.5. The number of fused-ring (bicyclic) bond motifs is 1. The van der Waals surface area contributed by atoms with Crippen LogP contribution >= 0.6 is 11.3 Å². The Hall–Kier alpha value is -2.23. The van der Waals surface area contributed by atoms with Gasteiger partial charge < -0.3 is 27.6 Å². The quantitative estimate of drug-likeness (QED) is 0.206. The number of aliphatic hydroxyl groups is 1. The number of aliphatic hydroxyl groups excluding tert-OH is 1. The van der Waals surface area contributed by atoms with Gasteiger partial charge in [0, 0.05) is 6.54 Å². The molecule has 1 aromatic carbocycles. The van der Waals surface area contributed by atoms with E-state index in [1.807, 2.05) is 26.0 Å². The van der Waals surface area contributed by atoms with Crippen LogP contribution in [0.2, 0.25) is 0 Å². The van der Waals surface area contributed by atoms with Crippen molar-refractivity contribution >= 4 is 33.4 Å². The summed E-state index contributed by atoms with van der Waals surface area (Å²) in [5.41, 5.74) is 18.7. The molecule has 166 valence electrons. The molecule has 2 aromatic rings. The Morgan fingerprint density at radius 1 is 1.33 bits per heavy atom. The van der Waals surface area contributed by atoms with Crippen LogP contribution in [0.25, 0.3) is 10.2 Å². The number of guanidine groups is 1. The fourth-order valence-electron chi connectivity index (χ4n) is 3.22. The third-order valence-electron chi connectivity index (χ3n) is 4.87. The van der Waals surface area contributed by atoms with Gasteiger partial charge in [-0.1, -0.05) is 26.8 Å². The lowest BCUT2D eigenvalue weighted by molar-refractivity contribution is -0.124. The Morgan fingerprint density at radius 2 is 2.07 bits per heavy atom. The lowest BCUT2D eigenvalue weighted by atomic mass is 9.98. The Kier molecular flexibility index (Phi) is 9.01. The van der Waals surface area contributed by atoms with E-state index in [4.69, 9.17) is 17.2 Å². The van der Waals surface area contributed by atoms with E-state index in [2.05, 4.69) is 28.3 Å². The van der Waals surface area contributed by atoms with Gasteiger partial charge in [-0.3, -0.25) is 9.79 Å². The molecule has 3 atom stereocenters. The highest BCUT2D eigenvalue weighted by atomic mass is 32.1. The van der Waals surface area contributed by atoms with E-state index >= 15 is 0 Å². The van der Waals surface area contributed by atoms with Crippen molar-refractivity contribution in [1.82, 2.24) is 10.3 Å². The number of benzene rings is 1. The van der Waals surface area contributed by atoms with Gasteiger partial charge in [0.1, 0.15) is 11.1 Å². The van der Waals surface area contributed by atoms with Crippen molar-refractivity contribution in [2.24, 2.45) is 28.1 Å². The van der Waals surface area contributed by atoms with Gasteiger partial charge in [-0.25, -0.2) is 4.98 Å². The number of thiazole rings is 1. The standard InChI is InChI=1S/C21H34N6O2S/c1-4-13-7-8-17-15(11-13)27-20(30-17)18(28)16(10-12(2)3)26-19(29)14(22)6-5-9-25-21(23)24/h7-8,11-12,14,16,18,28H,4-6,9-10,22H2,1-3H3,(H,26,29)(H4,23,24,25)/t14-,16-,18?/m1/s1. The van der Waals surface area contributed by atoms with Crippen LogP contribution < -0.4 is 22.5 Å². The first-order valence-electron chi connectivity index (χ1n) is 10.4. The molecule has 0 bridgehead atoms. The van der Waals surface area contributed by atoms with E-state index in [0.29, 0.717) is 30.8 Å². The first kappa shape index (κ1) is 24.0. The summed E-state index contributed by atoms with van der Waals surface area (Å²) in [6, 6.07) is 5.00. The lowest BCUT2D eigenvalue weighted by Gasteiger charge is -2.26. The molecule has 0 saturated carbocycles. The maximum atomic E-state index is 12.6. The number of hydrogen-bond donors (Lipinski definition) is 5. The maximum absolute atomic E-state index is 12.6. The Bertz CT molecular complexity index is 862. The molecular weight excluding hydrogens is 400 g/mol. The minimum absolute atomic E-state index is 0.0232. The number of nitrogens with one attached hydrogen (secondary N) is 1. The predicted octanol–water partition coefficient (Wildman–Crippen LogP) is 1.80. The Balaban J connectivity index is 2.08. The number of rotatable bonds is 11. The second-order valence-corrected chi connectivity index (χ2v) is 9.01. The van der Waals surface area contributed by atoms with Crippen molar-refractivity contribution in [3.05, 3.63) is 28.8 Å². The number of aliphatic imine (C=N–C) groups is 1. The van der Waals surface area contributed by atoms with Crippen LogP contribution in [-0.2, 0) is 11.2 Å². The van der Waals surface area contributed by atoms with Crippen molar-refractivity contribution in [3.8, 4) is 0 Å². The van der Waals surface area contributed by atoms with Crippen LogP contribution in [0, 0.1) is 5.92 Å². The van der Waals surface area contributed by atoms with Gasteiger partial charge in [-0.05, 0) is 49.3 Å². The lowest BCUT2D eigenvalue weighted by Crippen LogP contribution is -2.48. The molecule has 1 heterocycles. The molecule has 1 aromatic heterocycles. The molecule has 2 rings (SSSR count). The summed E-state index contributed by atoms with van der Waals surface area (Å²) in [5.74, 6) is 0.0120. The van der Waals surface area contributed by atoms with Crippen LogP contribution in [0.4, 0.5) is 0 Å². The summed E-state index contributed by atoms with van der Waals surface area (Å²) in [5, 5.41) is 14.5. The van der Waals surface area contributed by atoms with Crippen molar-refractivity contribution in [3.63, 3.8) is 0 Å². The number of amides is 1. The van der Waals surface area contributed by atoms with Gasteiger partial charge in [0.2, 0.25) is 5.91 Å². The maximum Gasteiger partial charge on any atom is 0.237 e. The zero-order valence-corrected chi connectivity index (χ0v) is 18.8. The van der Waals surface area contributed by atoms with Crippen molar-refractivity contribution in [1.29, 1.82) is 0 Å². The summed E-state index contributed by atoms with van der Waals surface area (Å²) in [4.78, 5) is 21.1. The average molecular weight is 435 g/mol. The highest BCUT2D eigenvalue weighted by Crippen LogP contribution is 2.30. The van der Waals surface area contributed by atoms with Gasteiger partial charge in [0.25, 0.3) is 0 Å². The highest BCUT2D eigenvalue weighted by molar-refractivity contribution is 7.18. The van der Waals surface area contributed by atoms with Gasteiger partial charge in [-0.2, -0.15) is 0 Å². The smallest absolute Gasteiger partial charge is 0.237 e. The Morgan fingerprint density at radius 3 is 2.70 bits per heavy atom. The SMILES string of the molecule is CCc1ccc2sc(C(O)[C@@H](CC(C)C)NC(=O)[C@H](N)CCCN=C(N)N)nc2c1. The van der Waals surface area contributed by atoms with E-state index in [0.717, 1.165) is 16.6 Å². The van der Waals surface area contributed by atoms with E-state index in [1.54, 1.807) is 0 Å². The molecule has 1 amide bonds. The number of nitrogens with zero attached hydrogens (tertiary/aromatic N) is 2. The van der Waals surface area contributed by atoms with Crippen LogP contribution in [0.15, 0.2) is 23.2 Å². The zero-order valence-electron chi connectivity index (χ0n) is 18.0. The van der Waals surface area contributed by atoms with E-state index < -0.39 is 18.2 Å². The number of carbonyl (C=O) groups is 1. The molecule has 0 spiro atoms. The molecule has 0 aliphatic heterocycles. The van der Waals surface area contributed by atoms with Gasteiger partial charge in [-0.15, -0.1) is 11.3 Å². The van der Waals surface area contributed by atoms with Gasteiger partial charge in [0.05, 0.1) is 22.3 Å². The van der Waals surface area contributed by atoms with E-state index in [-0.39, 0.29) is 17.8 Å². The molecule has 0 saturated heterocycles. The second-order valence-electron chi connectivity index (χ2n) is 7.95. The van der Waals surface area contributed by atoms with Crippen molar-refractivity contribution in [2.45, 2.75) is 64.6 Å². The molecule has 0 aliphatic carbocycles. The first-order valence-corrected chi connectivity index (χ1v) is 11.2. The van der Waals surface area contributed by atoms with E-state index in [1.165, 1.54) is 16.9 Å². The molecule has 0 aliphatic rings. The number of hydrogen-bond acceptors (Lipinski definition) is 6. The summed E-state index contributed by atoms with van der Waals surface area (Å²) in [7, 11) is 0. The third-order valence-corrected chi connectivity index (χ3v) is 5.98. The first-order chi connectivity index (χ1) is 14.2. The minimum atomic E-state index is -0.896. The fourth-order valence-corrected chi connectivity index (χ4v) is 4.22. The topological polar surface area (TPSA) is 153 Å². The van der Waals surface area contributed by atoms with Gasteiger partial charge >= 0.3 is 0 Å². The summed E-state index contributed by atoms with van der Waals surface area (Å²) < 4.78 is 1.02. The molecule has 0 radical (unpaired) electrons. The molecule has 9 heteroatoms. The van der Waals surface area contributed by atoms with Crippen LogP contribution in [-0.4, -0.2) is 40.6 Å². The summed E-state index contributed by atoms with van der Waals surface area (Å²) in [6.07, 6.45) is 1.70. The highest BCUT2D eigenvalue weighted by Gasteiger charge is 2.28. The zero-order chi connectivity index (χ0) is 22.3. The summed E-state index contributed by atoms with van der Waals surface area (Å²) in [6.45, 7) is 6.62. The van der Waals surface area contributed by atoms with Crippen LogP contribution in [0.5, 0.6) is 0 Å². The molecule has 8 N–H and O–H groups in total. The largest absolute Gasteiger partial charge is 0.384 e. The molecule has 30 heavy (non-hydrogen) atoms. The molecule has 0 fully saturated rings. The summed E-state index contributed by atoms with van der Waals surface area (Å²) >= 11 is 1.45. The van der Waals surface area contributed by atoms with E-state index in [9.17, 15) is 9.90 Å². The molecule has 1 unspecified atom stereocenters. The number of aromatic nitrogens is 1. The molecule has 8 nitrogen and oxygen atoms in total. The molecular formula is C21H34N6O2S. The van der Waals surface area contributed by atoms with Crippen LogP contribution in [0.3, 0.4) is 0 Å². The second kappa shape index (κ2) is 11.2. The van der Waals surface area contributed by atoms with Crippen molar-refractivity contribution in [2.75, 3.05) is 6.54 Å². The minimum Gasteiger partial charge on any atom is -0.384 e. The number of aryl methyl sites for hydroxylation is 1. The fraction of sp³-hybridized carbons (Fsp3) is 0.571. The monoisotopic (exact) mass is 434 g/mol.